The molecule has 15 heavy (non-hydrogen) atoms. The highest BCUT2D eigenvalue weighted by Gasteiger charge is 2.03. The third-order valence-electron chi connectivity index (χ3n) is 2.56. The molecule has 1 aromatic rings. The molecule has 1 atom stereocenters. The topological polar surface area (TPSA) is 25.8 Å². The van der Waals surface area contributed by atoms with Gasteiger partial charge >= 0.3 is 0 Å². The zero-order chi connectivity index (χ0) is 11.1. The van der Waals surface area contributed by atoms with Crippen molar-refractivity contribution in [2.75, 3.05) is 6.26 Å². The molecule has 1 aromatic heterocycles. The van der Waals surface area contributed by atoms with Crippen molar-refractivity contribution >= 4 is 11.8 Å². The van der Waals surface area contributed by atoms with Gasteiger partial charge in [-0.2, -0.15) is 0 Å². The maximum Gasteiger partial charge on any atom is 0.128 e. The van der Waals surface area contributed by atoms with Crippen LogP contribution in [-0.2, 0) is 6.42 Å². The quantitative estimate of drug-likeness (QED) is 0.691. The molecule has 0 saturated carbocycles. The number of nitrogens with zero attached hydrogens (tertiary/aromatic N) is 2. The maximum absolute atomic E-state index is 4.35. The van der Waals surface area contributed by atoms with Crippen molar-refractivity contribution in [2.24, 2.45) is 5.92 Å². The van der Waals surface area contributed by atoms with E-state index in [0.717, 1.165) is 23.1 Å². The molecule has 0 aliphatic carbocycles. The first-order valence-electron chi connectivity index (χ1n) is 5.61. The fraction of sp³-hybridized carbons (Fsp3) is 0.667. The Kier molecular flexibility index (Phi) is 5.69. The van der Waals surface area contributed by atoms with Gasteiger partial charge in [0.25, 0.3) is 0 Å². The number of aryl methyl sites for hydroxylation is 1. The van der Waals surface area contributed by atoms with Gasteiger partial charge in [0.2, 0.25) is 0 Å². The zero-order valence-corrected chi connectivity index (χ0v) is 10.7. The van der Waals surface area contributed by atoms with E-state index >= 15 is 0 Å². The molecule has 0 fully saturated rings. The second-order valence-corrected chi connectivity index (χ2v) is 4.85. The third-order valence-corrected chi connectivity index (χ3v) is 3.24. The Morgan fingerprint density at radius 1 is 1.27 bits per heavy atom. The van der Waals surface area contributed by atoms with Crippen LogP contribution in [0.3, 0.4) is 0 Å². The highest BCUT2D eigenvalue weighted by atomic mass is 32.2. The van der Waals surface area contributed by atoms with E-state index in [4.69, 9.17) is 0 Å². The van der Waals surface area contributed by atoms with Crippen LogP contribution in [0.4, 0.5) is 0 Å². The van der Waals surface area contributed by atoms with Gasteiger partial charge < -0.3 is 0 Å². The number of thioether (sulfide) groups is 1. The van der Waals surface area contributed by atoms with Gasteiger partial charge in [-0.25, -0.2) is 9.97 Å². The molecular weight excluding hydrogens is 204 g/mol. The number of rotatable bonds is 6. The van der Waals surface area contributed by atoms with E-state index in [2.05, 4.69) is 23.8 Å². The van der Waals surface area contributed by atoms with Gasteiger partial charge in [-0.1, -0.05) is 26.7 Å². The minimum Gasteiger partial charge on any atom is -0.240 e. The Morgan fingerprint density at radius 2 is 1.93 bits per heavy atom. The standard InChI is InChI=1S/C12H20N2S/c1-4-5-10(2)6-7-12-13-8-11(15-3)9-14-12/h8-10H,4-7H2,1-3H3. The van der Waals surface area contributed by atoms with Crippen LogP contribution in [0.15, 0.2) is 17.3 Å². The monoisotopic (exact) mass is 224 g/mol. The van der Waals surface area contributed by atoms with E-state index in [-0.39, 0.29) is 0 Å². The molecule has 1 unspecified atom stereocenters. The summed E-state index contributed by atoms with van der Waals surface area (Å²) < 4.78 is 0. The smallest absolute Gasteiger partial charge is 0.128 e. The molecule has 0 N–H and O–H groups in total. The van der Waals surface area contributed by atoms with Gasteiger partial charge in [-0.15, -0.1) is 11.8 Å². The molecule has 0 radical (unpaired) electrons. The Bertz CT molecular complexity index is 271. The first-order chi connectivity index (χ1) is 7.26. The normalized spacial score (nSPS) is 12.7. The average Bonchev–Trinajstić information content (AvgIpc) is 2.27. The molecule has 0 saturated heterocycles. The highest BCUT2D eigenvalue weighted by molar-refractivity contribution is 7.98. The summed E-state index contributed by atoms with van der Waals surface area (Å²) in [4.78, 5) is 9.84. The first kappa shape index (κ1) is 12.5. The lowest BCUT2D eigenvalue weighted by atomic mass is 10.0. The SMILES string of the molecule is CCCC(C)CCc1ncc(SC)cn1. The fourth-order valence-electron chi connectivity index (χ4n) is 1.59. The van der Waals surface area contributed by atoms with Crippen LogP contribution in [0.5, 0.6) is 0 Å². The van der Waals surface area contributed by atoms with E-state index in [1.807, 2.05) is 18.6 Å². The minimum atomic E-state index is 0.791. The predicted molar refractivity (Wildman–Crippen MR) is 66.2 cm³/mol. The molecule has 0 amide bonds. The summed E-state index contributed by atoms with van der Waals surface area (Å²) in [5.74, 6) is 1.77. The Labute approximate surface area is 96.9 Å². The molecular formula is C12H20N2S. The lowest BCUT2D eigenvalue weighted by Gasteiger charge is -2.08. The third kappa shape index (κ3) is 4.65. The molecule has 0 aromatic carbocycles. The van der Waals surface area contributed by atoms with Gasteiger partial charge in [0, 0.05) is 23.7 Å². The van der Waals surface area contributed by atoms with E-state index in [0.29, 0.717) is 0 Å². The predicted octanol–water partition coefficient (Wildman–Crippen LogP) is 3.57. The van der Waals surface area contributed by atoms with E-state index in [1.54, 1.807) is 11.8 Å². The van der Waals surface area contributed by atoms with Crippen LogP contribution in [0, 0.1) is 5.92 Å². The summed E-state index contributed by atoms with van der Waals surface area (Å²) in [6, 6.07) is 0. The van der Waals surface area contributed by atoms with Gasteiger partial charge in [-0.3, -0.25) is 0 Å². The molecule has 84 valence electrons. The van der Waals surface area contributed by atoms with Gasteiger partial charge in [0.15, 0.2) is 0 Å². The first-order valence-corrected chi connectivity index (χ1v) is 6.83. The minimum absolute atomic E-state index is 0.791. The Balaban J connectivity index is 2.37. The van der Waals surface area contributed by atoms with Gasteiger partial charge in [0.1, 0.15) is 5.82 Å². The summed E-state index contributed by atoms with van der Waals surface area (Å²) in [6.07, 6.45) is 10.7. The van der Waals surface area contributed by atoms with Crippen molar-refractivity contribution in [3.63, 3.8) is 0 Å². The van der Waals surface area contributed by atoms with Crippen LogP contribution in [0.1, 0.15) is 38.9 Å². The molecule has 2 nitrogen and oxygen atoms in total. The van der Waals surface area contributed by atoms with Crippen molar-refractivity contribution in [3.8, 4) is 0 Å². The summed E-state index contributed by atoms with van der Waals surface area (Å²) in [6.45, 7) is 4.54. The summed E-state index contributed by atoms with van der Waals surface area (Å²) in [5.41, 5.74) is 0. The highest BCUT2D eigenvalue weighted by Crippen LogP contribution is 2.14. The summed E-state index contributed by atoms with van der Waals surface area (Å²) >= 11 is 1.69. The lowest BCUT2D eigenvalue weighted by Crippen LogP contribution is -2.00. The molecule has 0 aliphatic rings. The zero-order valence-electron chi connectivity index (χ0n) is 9.86. The number of hydrogen-bond acceptors (Lipinski definition) is 3. The van der Waals surface area contributed by atoms with Crippen molar-refractivity contribution < 1.29 is 0 Å². The molecule has 1 rings (SSSR count). The number of hydrogen-bond donors (Lipinski definition) is 0. The maximum atomic E-state index is 4.35. The van der Waals surface area contributed by atoms with Crippen LogP contribution >= 0.6 is 11.8 Å². The van der Waals surface area contributed by atoms with Crippen molar-refractivity contribution in [1.29, 1.82) is 0 Å². The van der Waals surface area contributed by atoms with Gasteiger partial charge in [-0.05, 0) is 18.6 Å². The molecule has 0 aliphatic heterocycles. The van der Waals surface area contributed by atoms with Gasteiger partial charge in [0.05, 0.1) is 0 Å². The van der Waals surface area contributed by atoms with Crippen LogP contribution in [0.25, 0.3) is 0 Å². The van der Waals surface area contributed by atoms with Crippen LogP contribution in [0.2, 0.25) is 0 Å². The van der Waals surface area contributed by atoms with Crippen molar-refractivity contribution in [2.45, 2.75) is 44.4 Å². The molecule has 1 heterocycles. The average molecular weight is 224 g/mol. The fourth-order valence-corrected chi connectivity index (χ4v) is 1.91. The van der Waals surface area contributed by atoms with E-state index in [1.165, 1.54) is 19.3 Å². The van der Waals surface area contributed by atoms with Crippen LogP contribution < -0.4 is 0 Å². The summed E-state index contributed by atoms with van der Waals surface area (Å²) in [7, 11) is 0. The summed E-state index contributed by atoms with van der Waals surface area (Å²) in [5, 5.41) is 0. The molecule has 0 spiro atoms. The van der Waals surface area contributed by atoms with Crippen molar-refractivity contribution in [1.82, 2.24) is 9.97 Å². The van der Waals surface area contributed by atoms with Crippen molar-refractivity contribution in [3.05, 3.63) is 18.2 Å². The van der Waals surface area contributed by atoms with E-state index in [9.17, 15) is 0 Å². The largest absolute Gasteiger partial charge is 0.240 e. The number of aromatic nitrogens is 2. The Morgan fingerprint density at radius 3 is 2.47 bits per heavy atom. The van der Waals surface area contributed by atoms with Crippen LogP contribution in [-0.4, -0.2) is 16.2 Å². The second kappa shape index (κ2) is 6.83. The molecule has 3 heteroatoms. The second-order valence-electron chi connectivity index (χ2n) is 3.97. The lowest BCUT2D eigenvalue weighted by molar-refractivity contribution is 0.480. The van der Waals surface area contributed by atoms with E-state index < -0.39 is 0 Å². The Hall–Kier alpha value is -0.570. The molecule has 0 bridgehead atoms.